The van der Waals surface area contributed by atoms with Crippen LogP contribution in [0.4, 0.5) is 4.39 Å². The second kappa shape index (κ2) is 7.08. The van der Waals surface area contributed by atoms with Crippen LogP contribution >= 0.6 is 27.7 Å². The summed E-state index contributed by atoms with van der Waals surface area (Å²) in [5, 5.41) is 3.30. The molecule has 0 radical (unpaired) electrons. The van der Waals surface area contributed by atoms with Crippen molar-refractivity contribution in [3.05, 3.63) is 58.3 Å². The molecule has 1 nitrogen and oxygen atoms in total. The van der Waals surface area contributed by atoms with E-state index in [-0.39, 0.29) is 5.82 Å². The summed E-state index contributed by atoms with van der Waals surface area (Å²) in [6.45, 7) is 3.77. The van der Waals surface area contributed by atoms with E-state index in [0.717, 1.165) is 22.5 Å². The quantitative estimate of drug-likeness (QED) is 0.835. The Hall–Kier alpha value is -0.840. The van der Waals surface area contributed by atoms with E-state index >= 15 is 0 Å². The SMILES string of the molecule is CCNCc1cc(Br)ccc1Sc1ccccc1F. The lowest BCUT2D eigenvalue weighted by molar-refractivity contribution is 0.602. The summed E-state index contributed by atoms with van der Waals surface area (Å²) < 4.78 is 14.7. The number of rotatable bonds is 5. The van der Waals surface area contributed by atoms with Crippen molar-refractivity contribution in [2.45, 2.75) is 23.3 Å². The van der Waals surface area contributed by atoms with E-state index in [1.165, 1.54) is 23.4 Å². The van der Waals surface area contributed by atoms with Crippen LogP contribution in [0.1, 0.15) is 12.5 Å². The Morgan fingerprint density at radius 3 is 2.68 bits per heavy atom. The van der Waals surface area contributed by atoms with Gasteiger partial charge < -0.3 is 5.32 Å². The highest BCUT2D eigenvalue weighted by Gasteiger charge is 2.08. The molecule has 0 spiro atoms. The van der Waals surface area contributed by atoms with Gasteiger partial charge in [-0.25, -0.2) is 4.39 Å². The van der Waals surface area contributed by atoms with Gasteiger partial charge in [0.25, 0.3) is 0 Å². The van der Waals surface area contributed by atoms with Crippen molar-refractivity contribution < 1.29 is 4.39 Å². The van der Waals surface area contributed by atoms with Crippen LogP contribution in [-0.2, 0) is 6.54 Å². The Labute approximate surface area is 125 Å². The van der Waals surface area contributed by atoms with E-state index in [0.29, 0.717) is 4.90 Å². The largest absolute Gasteiger partial charge is 0.313 e. The molecule has 0 heterocycles. The first-order chi connectivity index (χ1) is 9.20. The molecule has 0 saturated heterocycles. The Bertz CT molecular complexity index is 560. The van der Waals surface area contributed by atoms with E-state index in [9.17, 15) is 4.39 Å². The molecule has 19 heavy (non-hydrogen) atoms. The van der Waals surface area contributed by atoms with Crippen molar-refractivity contribution in [3.63, 3.8) is 0 Å². The predicted octanol–water partition coefficient (Wildman–Crippen LogP) is 4.85. The zero-order valence-electron chi connectivity index (χ0n) is 10.6. The molecular weight excluding hydrogens is 325 g/mol. The van der Waals surface area contributed by atoms with Crippen molar-refractivity contribution in [1.82, 2.24) is 5.32 Å². The lowest BCUT2D eigenvalue weighted by atomic mass is 10.2. The van der Waals surface area contributed by atoms with Gasteiger partial charge in [0.05, 0.1) is 0 Å². The fourth-order valence-corrected chi connectivity index (χ4v) is 3.05. The van der Waals surface area contributed by atoms with Gasteiger partial charge in [-0.05, 0) is 42.4 Å². The van der Waals surface area contributed by atoms with Crippen LogP contribution < -0.4 is 5.32 Å². The third-order valence-electron chi connectivity index (χ3n) is 2.64. The first-order valence-corrected chi connectivity index (χ1v) is 7.73. The molecule has 0 atom stereocenters. The van der Waals surface area contributed by atoms with Crippen LogP contribution in [-0.4, -0.2) is 6.54 Å². The number of halogens is 2. The second-order valence-electron chi connectivity index (χ2n) is 4.06. The molecule has 0 aliphatic carbocycles. The summed E-state index contributed by atoms with van der Waals surface area (Å²) in [5.41, 5.74) is 1.17. The molecule has 1 N–H and O–H groups in total. The first-order valence-electron chi connectivity index (χ1n) is 6.12. The number of benzene rings is 2. The molecule has 0 aromatic heterocycles. The minimum atomic E-state index is -0.176. The number of nitrogens with one attached hydrogen (secondary N) is 1. The summed E-state index contributed by atoms with van der Waals surface area (Å²) in [4.78, 5) is 1.73. The van der Waals surface area contributed by atoms with Gasteiger partial charge in [0.15, 0.2) is 0 Å². The van der Waals surface area contributed by atoms with Crippen molar-refractivity contribution in [1.29, 1.82) is 0 Å². The molecule has 4 heteroatoms. The maximum Gasteiger partial charge on any atom is 0.137 e. The molecular formula is C15H15BrFNS. The van der Waals surface area contributed by atoms with E-state index in [1.54, 1.807) is 12.1 Å². The Morgan fingerprint density at radius 1 is 1.16 bits per heavy atom. The molecule has 100 valence electrons. The zero-order chi connectivity index (χ0) is 13.7. The van der Waals surface area contributed by atoms with E-state index in [4.69, 9.17) is 0 Å². The van der Waals surface area contributed by atoms with Gasteiger partial charge in [0.1, 0.15) is 5.82 Å². The van der Waals surface area contributed by atoms with Crippen molar-refractivity contribution in [2.75, 3.05) is 6.54 Å². The lowest BCUT2D eigenvalue weighted by Gasteiger charge is -2.10. The summed E-state index contributed by atoms with van der Waals surface area (Å²) in [5.74, 6) is -0.176. The van der Waals surface area contributed by atoms with Crippen LogP contribution in [0, 0.1) is 5.82 Å². The van der Waals surface area contributed by atoms with E-state index in [2.05, 4.69) is 34.2 Å². The van der Waals surface area contributed by atoms with Gasteiger partial charge >= 0.3 is 0 Å². The molecule has 2 aromatic carbocycles. The standard InChI is InChI=1S/C15H15BrFNS/c1-2-18-10-11-9-12(16)7-8-14(11)19-15-6-4-3-5-13(15)17/h3-9,18H,2,10H2,1H3. The third kappa shape index (κ3) is 4.06. The van der Waals surface area contributed by atoms with Crippen LogP contribution in [0.25, 0.3) is 0 Å². The van der Waals surface area contributed by atoms with Crippen molar-refractivity contribution >= 4 is 27.7 Å². The Kier molecular flexibility index (Phi) is 5.43. The molecule has 0 aliphatic rings. The second-order valence-corrected chi connectivity index (χ2v) is 6.06. The number of hydrogen-bond donors (Lipinski definition) is 1. The van der Waals surface area contributed by atoms with Crippen LogP contribution in [0.2, 0.25) is 0 Å². The topological polar surface area (TPSA) is 12.0 Å². The van der Waals surface area contributed by atoms with Gasteiger partial charge in [-0.1, -0.05) is 46.7 Å². The fraction of sp³-hybridized carbons (Fsp3) is 0.200. The minimum Gasteiger partial charge on any atom is -0.313 e. The summed E-state index contributed by atoms with van der Waals surface area (Å²) >= 11 is 4.94. The Morgan fingerprint density at radius 2 is 1.95 bits per heavy atom. The zero-order valence-corrected chi connectivity index (χ0v) is 13.0. The fourth-order valence-electron chi connectivity index (χ4n) is 1.69. The predicted molar refractivity (Wildman–Crippen MR) is 82.0 cm³/mol. The van der Waals surface area contributed by atoms with Crippen LogP contribution in [0.15, 0.2) is 56.7 Å². The molecule has 2 aromatic rings. The highest BCUT2D eigenvalue weighted by molar-refractivity contribution is 9.10. The van der Waals surface area contributed by atoms with Gasteiger partial charge in [-0.3, -0.25) is 0 Å². The minimum absolute atomic E-state index is 0.176. The molecule has 0 amide bonds. The summed E-state index contributed by atoms with van der Waals surface area (Å²) in [6.07, 6.45) is 0. The average molecular weight is 340 g/mol. The summed E-state index contributed by atoms with van der Waals surface area (Å²) in [6, 6.07) is 12.9. The monoisotopic (exact) mass is 339 g/mol. The normalized spacial score (nSPS) is 10.7. The maximum absolute atomic E-state index is 13.7. The van der Waals surface area contributed by atoms with Gasteiger partial charge in [0.2, 0.25) is 0 Å². The molecule has 0 unspecified atom stereocenters. The highest BCUT2D eigenvalue weighted by atomic mass is 79.9. The van der Waals surface area contributed by atoms with Crippen LogP contribution in [0.5, 0.6) is 0 Å². The van der Waals surface area contributed by atoms with E-state index < -0.39 is 0 Å². The van der Waals surface area contributed by atoms with E-state index in [1.807, 2.05) is 18.2 Å². The Balaban J connectivity index is 2.26. The molecule has 0 aliphatic heterocycles. The van der Waals surface area contributed by atoms with Gasteiger partial charge in [-0.2, -0.15) is 0 Å². The average Bonchev–Trinajstić information content (AvgIpc) is 2.41. The number of hydrogen-bond acceptors (Lipinski definition) is 2. The summed E-state index contributed by atoms with van der Waals surface area (Å²) in [7, 11) is 0. The van der Waals surface area contributed by atoms with Gasteiger partial charge in [0, 0.05) is 20.8 Å². The molecule has 0 fully saturated rings. The molecule has 2 rings (SSSR count). The molecule has 0 bridgehead atoms. The maximum atomic E-state index is 13.7. The third-order valence-corrected chi connectivity index (χ3v) is 4.31. The van der Waals surface area contributed by atoms with Crippen LogP contribution in [0.3, 0.4) is 0 Å². The molecule has 0 saturated carbocycles. The highest BCUT2D eigenvalue weighted by Crippen LogP contribution is 2.33. The smallest absolute Gasteiger partial charge is 0.137 e. The van der Waals surface area contributed by atoms with Crippen molar-refractivity contribution in [2.24, 2.45) is 0 Å². The van der Waals surface area contributed by atoms with Crippen molar-refractivity contribution in [3.8, 4) is 0 Å². The lowest BCUT2D eigenvalue weighted by Crippen LogP contribution is -2.12. The van der Waals surface area contributed by atoms with Gasteiger partial charge in [-0.15, -0.1) is 0 Å². The first kappa shape index (κ1) is 14.6.